The van der Waals surface area contributed by atoms with Crippen LogP contribution in [0.3, 0.4) is 0 Å². The highest BCUT2D eigenvalue weighted by Gasteiger charge is 2.30. The predicted octanol–water partition coefficient (Wildman–Crippen LogP) is 5.50. The maximum absolute atomic E-state index is 12.7. The molecule has 4 aromatic rings. The summed E-state index contributed by atoms with van der Waals surface area (Å²) in [5.41, 5.74) is 10.1. The number of aryl methyl sites for hydroxylation is 2. The molecule has 0 bridgehead atoms. The number of fused-ring (bicyclic) bond motifs is 1. The van der Waals surface area contributed by atoms with Gasteiger partial charge >= 0.3 is 0 Å². The van der Waals surface area contributed by atoms with Crippen LogP contribution in [0.4, 0.5) is 5.69 Å². The van der Waals surface area contributed by atoms with Crippen molar-refractivity contribution in [2.45, 2.75) is 32.7 Å². The van der Waals surface area contributed by atoms with Crippen molar-refractivity contribution in [3.63, 3.8) is 0 Å². The fourth-order valence-corrected chi connectivity index (χ4v) is 5.68. The number of amides is 1. The van der Waals surface area contributed by atoms with Crippen molar-refractivity contribution in [3.8, 4) is 22.3 Å². The topological polar surface area (TPSA) is 55.5 Å². The Hall–Kier alpha value is -3.64. The Balaban J connectivity index is 1.30. The second kappa shape index (κ2) is 9.34. The van der Waals surface area contributed by atoms with E-state index in [2.05, 4.69) is 53.9 Å². The van der Waals surface area contributed by atoms with Gasteiger partial charge in [-0.25, -0.2) is 4.98 Å². The molecule has 6 nitrogen and oxygen atoms in total. The summed E-state index contributed by atoms with van der Waals surface area (Å²) in [6.07, 6.45) is 6.20. The Morgan fingerprint density at radius 1 is 0.946 bits per heavy atom. The molecule has 3 heterocycles. The smallest absolute Gasteiger partial charge is 0.253 e. The van der Waals surface area contributed by atoms with Gasteiger partial charge in [0.05, 0.1) is 0 Å². The first-order valence-electron chi connectivity index (χ1n) is 13.3. The number of aromatic amines is 1. The van der Waals surface area contributed by atoms with E-state index in [0.29, 0.717) is 6.04 Å². The van der Waals surface area contributed by atoms with E-state index in [1.165, 1.54) is 22.4 Å². The number of H-pyrrole nitrogens is 1. The fraction of sp³-hybridized carbons (Fsp3) is 0.355. The number of piperazine rings is 1. The van der Waals surface area contributed by atoms with Crippen LogP contribution >= 0.6 is 0 Å². The molecule has 37 heavy (non-hydrogen) atoms. The molecule has 1 aliphatic carbocycles. The molecule has 2 aromatic heterocycles. The van der Waals surface area contributed by atoms with Crippen LogP contribution in [0.5, 0.6) is 0 Å². The zero-order valence-corrected chi connectivity index (χ0v) is 22.2. The van der Waals surface area contributed by atoms with Crippen molar-refractivity contribution in [2.24, 2.45) is 0 Å². The monoisotopic (exact) mass is 493 g/mol. The minimum atomic E-state index is 0.0997. The number of pyridine rings is 1. The Labute approximate surface area is 218 Å². The molecule has 2 fully saturated rings. The summed E-state index contributed by atoms with van der Waals surface area (Å²) < 4.78 is 0. The van der Waals surface area contributed by atoms with Gasteiger partial charge in [0.15, 0.2) is 0 Å². The van der Waals surface area contributed by atoms with E-state index in [0.717, 1.165) is 72.3 Å². The van der Waals surface area contributed by atoms with Crippen molar-refractivity contribution in [2.75, 3.05) is 45.2 Å². The van der Waals surface area contributed by atoms with Crippen LogP contribution in [0.2, 0.25) is 0 Å². The van der Waals surface area contributed by atoms with Gasteiger partial charge in [0.25, 0.3) is 5.91 Å². The summed E-state index contributed by atoms with van der Waals surface area (Å²) in [6.45, 7) is 8.79. The highest BCUT2D eigenvalue weighted by Crippen LogP contribution is 2.35. The van der Waals surface area contributed by atoms with Crippen molar-refractivity contribution >= 4 is 22.6 Å². The Morgan fingerprint density at radius 3 is 2.27 bits per heavy atom. The minimum Gasteiger partial charge on any atom is -0.369 e. The molecule has 1 saturated heterocycles. The molecule has 1 amide bonds. The maximum atomic E-state index is 12.7. The van der Waals surface area contributed by atoms with Crippen molar-refractivity contribution in [1.29, 1.82) is 0 Å². The lowest BCUT2D eigenvalue weighted by Crippen LogP contribution is -2.45. The number of hydrogen-bond donors (Lipinski definition) is 1. The standard InChI is InChI=1S/C31H35N5O/c1-20-15-24(16-21(2)29(20)36-13-11-34(3)12-14-36)25-17-27-28(19-33-30(27)32-18-25)22-5-7-23(8-6-22)31(37)35(4)26-9-10-26/h5-8,15-19,26H,9-14H2,1-4H3,(H,32,33). The third-order valence-electron chi connectivity index (χ3n) is 8.03. The third-order valence-corrected chi connectivity index (χ3v) is 8.03. The highest BCUT2D eigenvalue weighted by molar-refractivity contribution is 5.98. The number of carbonyl (C=O) groups is 1. The highest BCUT2D eigenvalue weighted by atomic mass is 16.2. The number of nitrogens with one attached hydrogen (secondary N) is 1. The van der Waals surface area contributed by atoms with E-state index >= 15 is 0 Å². The number of likely N-dealkylation sites (N-methyl/N-ethyl adjacent to an activating group) is 1. The molecule has 2 aromatic carbocycles. The molecule has 6 rings (SSSR count). The van der Waals surface area contributed by atoms with E-state index in [1.54, 1.807) is 0 Å². The number of anilines is 1. The molecule has 0 spiro atoms. The van der Waals surface area contributed by atoms with Gasteiger partial charge in [-0.2, -0.15) is 0 Å². The number of hydrogen-bond acceptors (Lipinski definition) is 4. The third kappa shape index (κ3) is 4.51. The Kier molecular flexibility index (Phi) is 6.00. The SMILES string of the molecule is Cc1cc(-c2cnc3[nH]cc(-c4ccc(C(=O)N(C)C5CC5)cc4)c3c2)cc(C)c1N1CCN(C)CC1. The van der Waals surface area contributed by atoms with Gasteiger partial charge in [-0.15, -0.1) is 0 Å². The first-order chi connectivity index (χ1) is 17.9. The second-order valence-electron chi connectivity index (χ2n) is 10.8. The maximum Gasteiger partial charge on any atom is 0.253 e. The average molecular weight is 494 g/mol. The van der Waals surface area contributed by atoms with E-state index in [4.69, 9.17) is 4.98 Å². The van der Waals surface area contributed by atoms with Crippen LogP contribution in [-0.2, 0) is 0 Å². The average Bonchev–Trinajstić information content (AvgIpc) is 3.67. The summed E-state index contributed by atoms with van der Waals surface area (Å²) in [6, 6.07) is 15.2. The quantitative estimate of drug-likeness (QED) is 0.399. The van der Waals surface area contributed by atoms with Gasteiger partial charge in [-0.3, -0.25) is 4.79 Å². The molecule has 0 unspecified atom stereocenters. The molecule has 0 radical (unpaired) electrons. The zero-order chi connectivity index (χ0) is 25.7. The van der Waals surface area contributed by atoms with Gasteiger partial charge in [0.2, 0.25) is 0 Å². The molecule has 190 valence electrons. The lowest BCUT2D eigenvalue weighted by molar-refractivity contribution is 0.0785. The van der Waals surface area contributed by atoms with E-state index < -0.39 is 0 Å². The van der Waals surface area contributed by atoms with Crippen LogP contribution in [0.1, 0.15) is 34.3 Å². The van der Waals surface area contributed by atoms with Gasteiger partial charge in [0, 0.05) is 79.4 Å². The first kappa shape index (κ1) is 23.7. The molecule has 0 atom stereocenters. The lowest BCUT2D eigenvalue weighted by atomic mass is 9.97. The van der Waals surface area contributed by atoms with Gasteiger partial charge in [-0.1, -0.05) is 12.1 Å². The lowest BCUT2D eigenvalue weighted by Gasteiger charge is -2.36. The molecule has 2 aliphatic rings. The van der Waals surface area contributed by atoms with E-state index in [9.17, 15) is 4.79 Å². The summed E-state index contributed by atoms with van der Waals surface area (Å²) in [5.74, 6) is 0.0997. The largest absolute Gasteiger partial charge is 0.369 e. The number of aromatic nitrogens is 2. The molecular formula is C31H35N5O. The minimum absolute atomic E-state index is 0.0997. The van der Waals surface area contributed by atoms with Crippen LogP contribution in [0, 0.1) is 13.8 Å². The summed E-state index contributed by atoms with van der Waals surface area (Å²) >= 11 is 0. The summed E-state index contributed by atoms with van der Waals surface area (Å²) in [7, 11) is 4.10. The van der Waals surface area contributed by atoms with E-state index in [1.807, 2.05) is 48.6 Å². The number of benzene rings is 2. The Morgan fingerprint density at radius 2 is 1.62 bits per heavy atom. The van der Waals surface area contributed by atoms with Crippen molar-refractivity contribution < 1.29 is 4.79 Å². The first-order valence-corrected chi connectivity index (χ1v) is 13.3. The molecule has 1 saturated carbocycles. The van der Waals surface area contributed by atoms with Gasteiger partial charge in [0.1, 0.15) is 5.65 Å². The summed E-state index contributed by atoms with van der Waals surface area (Å²) in [4.78, 5) is 27.6. The van der Waals surface area contributed by atoms with Crippen LogP contribution in [-0.4, -0.2) is 72.0 Å². The second-order valence-corrected chi connectivity index (χ2v) is 10.8. The van der Waals surface area contributed by atoms with E-state index in [-0.39, 0.29) is 5.91 Å². The van der Waals surface area contributed by atoms with Crippen molar-refractivity contribution in [1.82, 2.24) is 19.8 Å². The van der Waals surface area contributed by atoms with Gasteiger partial charge in [-0.05, 0) is 86.3 Å². The number of carbonyl (C=O) groups excluding carboxylic acids is 1. The predicted molar refractivity (Wildman–Crippen MR) is 151 cm³/mol. The molecular weight excluding hydrogens is 458 g/mol. The normalized spacial score (nSPS) is 16.4. The number of rotatable bonds is 5. The van der Waals surface area contributed by atoms with Crippen LogP contribution < -0.4 is 4.90 Å². The van der Waals surface area contributed by atoms with Gasteiger partial charge < -0.3 is 19.7 Å². The molecule has 6 heteroatoms. The Bertz CT molecular complexity index is 1440. The molecule has 1 N–H and O–H groups in total. The summed E-state index contributed by atoms with van der Waals surface area (Å²) in [5, 5.41) is 1.09. The zero-order valence-electron chi connectivity index (χ0n) is 22.2. The van der Waals surface area contributed by atoms with Crippen molar-refractivity contribution in [3.05, 3.63) is 71.5 Å². The molecule has 1 aliphatic heterocycles. The fourth-order valence-electron chi connectivity index (χ4n) is 5.68. The van der Waals surface area contributed by atoms with Crippen LogP contribution in [0.25, 0.3) is 33.3 Å². The van der Waals surface area contributed by atoms with Crippen LogP contribution in [0.15, 0.2) is 54.9 Å². The number of nitrogens with zero attached hydrogens (tertiary/aromatic N) is 4.